The van der Waals surface area contributed by atoms with Crippen LogP contribution in [0.15, 0.2) is 21.1 Å². The van der Waals surface area contributed by atoms with Gasteiger partial charge in [0.1, 0.15) is 24.3 Å². The van der Waals surface area contributed by atoms with Crippen LogP contribution in [0.4, 0.5) is 4.39 Å². The molecule has 2 atom stereocenters. The van der Waals surface area contributed by atoms with Crippen LogP contribution in [0, 0.1) is 6.92 Å². The minimum Gasteiger partial charge on any atom is -0.462 e. The number of alkyl halides is 1. The third-order valence-corrected chi connectivity index (χ3v) is 4.21. The number of likely N-dealkylation sites (N-methyl/N-ethyl adjacent to an activating group) is 1. The third-order valence-electron chi connectivity index (χ3n) is 4.21. The van der Waals surface area contributed by atoms with Gasteiger partial charge in [0.15, 0.2) is 5.82 Å². The summed E-state index contributed by atoms with van der Waals surface area (Å²) in [7, 11) is 1.98. The number of aromatic nitrogens is 2. The Bertz CT molecular complexity index is 659. The minimum absolute atomic E-state index is 0.0936. The second-order valence-corrected chi connectivity index (χ2v) is 6.37. The van der Waals surface area contributed by atoms with Gasteiger partial charge in [0.05, 0.1) is 13.1 Å². The zero-order valence-electron chi connectivity index (χ0n) is 14.0. The Kier molecular flexibility index (Phi) is 5.27. The van der Waals surface area contributed by atoms with Crippen molar-refractivity contribution in [2.24, 2.45) is 0 Å². The first-order chi connectivity index (χ1) is 11.5. The van der Waals surface area contributed by atoms with Gasteiger partial charge in [0, 0.05) is 26.1 Å². The van der Waals surface area contributed by atoms with Gasteiger partial charge in [-0.2, -0.15) is 4.98 Å². The lowest BCUT2D eigenvalue weighted by atomic mass is 10.2. The van der Waals surface area contributed by atoms with Gasteiger partial charge >= 0.3 is 0 Å². The molecule has 3 rings (SSSR count). The van der Waals surface area contributed by atoms with Gasteiger partial charge in [-0.15, -0.1) is 0 Å². The number of furan rings is 1. The molecule has 3 heterocycles. The monoisotopic (exact) mass is 338 g/mol. The van der Waals surface area contributed by atoms with E-state index in [1.54, 1.807) is 13.0 Å². The molecule has 0 bridgehead atoms. The van der Waals surface area contributed by atoms with E-state index in [0.29, 0.717) is 50.1 Å². The number of hydrogen-bond acceptors (Lipinski definition) is 7. The fourth-order valence-electron chi connectivity index (χ4n) is 3.18. The first-order valence-electron chi connectivity index (χ1n) is 8.07. The van der Waals surface area contributed by atoms with Gasteiger partial charge in [-0.1, -0.05) is 5.16 Å². The Balaban J connectivity index is 1.57. The molecule has 0 saturated carbocycles. The summed E-state index contributed by atoms with van der Waals surface area (Å²) in [4.78, 5) is 8.36. The summed E-state index contributed by atoms with van der Waals surface area (Å²) in [5.74, 6) is 2.45. The Morgan fingerprint density at radius 2 is 2.21 bits per heavy atom. The van der Waals surface area contributed by atoms with Crippen molar-refractivity contribution in [1.29, 1.82) is 0 Å². The predicted molar refractivity (Wildman–Crippen MR) is 83.7 cm³/mol. The number of hydrogen-bond donors (Lipinski definition) is 1. The lowest BCUT2D eigenvalue weighted by Gasteiger charge is -2.27. The van der Waals surface area contributed by atoms with Crippen molar-refractivity contribution in [2.75, 3.05) is 20.1 Å². The second kappa shape index (κ2) is 7.42. The molecule has 0 aliphatic carbocycles. The SMILES string of the molecule is Cc1nc(CN2C[C@@H](F)C[C@H]2CN(C)Cc2ccc(CO)o2)no1. The van der Waals surface area contributed by atoms with Crippen molar-refractivity contribution in [3.63, 3.8) is 0 Å². The van der Waals surface area contributed by atoms with Crippen LogP contribution in [0.2, 0.25) is 0 Å². The topological polar surface area (TPSA) is 78.8 Å². The van der Waals surface area contributed by atoms with Gasteiger partial charge in [-0.05, 0) is 25.6 Å². The van der Waals surface area contributed by atoms with Crippen LogP contribution in [-0.2, 0) is 19.7 Å². The Labute approximate surface area is 140 Å². The zero-order chi connectivity index (χ0) is 17.1. The van der Waals surface area contributed by atoms with Crippen LogP contribution in [0.5, 0.6) is 0 Å². The van der Waals surface area contributed by atoms with Crippen LogP contribution >= 0.6 is 0 Å². The molecule has 2 aromatic rings. The van der Waals surface area contributed by atoms with Crippen LogP contribution in [-0.4, -0.2) is 57.4 Å². The number of nitrogens with zero attached hydrogens (tertiary/aromatic N) is 4. The van der Waals surface area contributed by atoms with Crippen molar-refractivity contribution in [1.82, 2.24) is 19.9 Å². The van der Waals surface area contributed by atoms with Gasteiger partial charge in [0.2, 0.25) is 5.89 Å². The van der Waals surface area contributed by atoms with Crippen LogP contribution in [0.1, 0.15) is 29.7 Å². The number of likely N-dealkylation sites (tertiary alicyclic amines) is 1. The average molecular weight is 338 g/mol. The van der Waals surface area contributed by atoms with E-state index in [9.17, 15) is 4.39 Å². The summed E-state index contributed by atoms with van der Waals surface area (Å²) in [6, 6.07) is 3.71. The maximum Gasteiger partial charge on any atom is 0.223 e. The highest BCUT2D eigenvalue weighted by atomic mass is 19.1. The standard InChI is InChI=1S/C16H23FN4O3/c1-11-18-16(19-24-11)9-21-6-12(17)5-13(21)7-20(2)8-14-3-4-15(10-22)23-14/h3-4,12-13,22H,5-10H2,1-2H3/t12-,13-/m0/s1. The summed E-state index contributed by atoms with van der Waals surface area (Å²) < 4.78 is 24.4. The van der Waals surface area contributed by atoms with Crippen LogP contribution in [0.3, 0.4) is 0 Å². The van der Waals surface area contributed by atoms with E-state index in [1.165, 1.54) is 0 Å². The molecule has 1 aliphatic heterocycles. The van der Waals surface area contributed by atoms with Crippen molar-refractivity contribution in [2.45, 2.75) is 45.3 Å². The summed E-state index contributed by atoms with van der Waals surface area (Å²) >= 11 is 0. The molecule has 8 heteroatoms. The van der Waals surface area contributed by atoms with Gasteiger partial charge < -0.3 is 14.0 Å². The van der Waals surface area contributed by atoms with Crippen molar-refractivity contribution in [3.8, 4) is 0 Å². The highest BCUT2D eigenvalue weighted by Gasteiger charge is 2.33. The van der Waals surface area contributed by atoms with E-state index >= 15 is 0 Å². The molecule has 1 fully saturated rings. The normalized spacial score (nSPS) is 21.9. The summed E-state index contributed by atoms with van der Waals surface area (Å²) in [6.45, 7) is 3.85. The first kappa shape index (κ1) is 17.1. The molecule has 24 heavy (non-hydrogen) atoms. The highest BCUT2D eigenvalue weighted by Crippen LogP contribution is 2.23. The molecule has 132 valence electrons. The number of halogens is 1. The smallest absolute Gasteiger partial charge is 0.223 e. The van der Waals surface area contributed by atoms with E-state index in [2.05, 4.69) is 19.9 Å². The van der Waals surface area contributed by atoms with E-state index < -0.39 is 6.17 Å². The van der Waals surface area contributed by atoms with Crippen molar-refractivity contribution < 1.29 is 18.4 Å². The molecule has 0 spiro atoms. The van der Waals surface area contributed by atoms with Gasteiger partial charge in [0.25, 0.3) is 0 Å². The number of aryl methyl sites for hydroxylation is 1. The number of rotatable bonds is 7. The number of aliphatic hydroxyl groups excluding tert-OH is 1. The third kappa shape index (κ3) is 4.19. The molecular weight excluding hydrogens is 315 g/mol. The van der Waals surface area contributed by atoms with E-state index in [-0.39, 0.29) is 12.6 Å². The van der Waals surface area contributed by atoms with Crippen molar-refractivity contribution in [3.05, 3.63) is 35.4 Å². The quantitative estimate of drug-likeness (QED) is 0.820. The lowest BCUT2D eigenvalue weighted by Crippen LogP contribution is -2.38. The fraction of sp³-hybridized carbons (Fsp3) is 0.625. The van der Waals surface area contributed by atoms with Gasteiger partial charge in [-0.25, -0.2) is 4.39 Å². The van der Waals surface area contributed by atoms with Crippen molar-refractivity contribution >= 4 is 0 Å². The zero-order valence-corrected chi connectivity index (χ0v) is 14.0. The van der Waals surface area contributed by atoms with E-state index in [1.807, 2.05) is 13.1 Å². The Morgan fingerprint density at radius 1 is 1.42 bits per heavy atom. The Morgan fingerprint density at radius 3 is 2.88 bits per heavy atom. The number of aliphatic hydroxyl groups is 1. The minimum atomic E-state index is -0.832. The molecule has 1 saturated heterocycles. The molecule has 2 aromatic heterocycles. The molecule has 0 radical (unpaired) electrons. The summed E-state index contributed by atoms with van der Waals surface area (Å²) in [5, 5.41) is 12.9. The lowest BCUT2D eigenvalue weighted by molar-refractivity contribution is 0.168. The van der Waals surface area contributed by atoms with Crippen LogP contribution < -0.4 is 0 Å². The highest BCUT2D eigenvalue weighted by molar-refractivity contribution is 5.06. The van der Waals surface area contributed by atoms with Gasteiger partial charge in [-0.3, -0.25) is 9.80 Å². The fourth-order valence-corrected chi connectivity index (χ4v) is 3.18. The maximum atomic E-state index is 13.9. The largest absolute Gasteiger partial charge is 0.462 e. The van der Waals surface area contributed by atoms with Crippen LogP contribution in [0.25, 0.3) is 0 Å². The Hall–Kier alpha value is -1.77. The molecule has 1 aliphatic rings. The predicted octanol–water partition coefficient (Wildman–Crippen LogP) is 1.51. The summed E-state index contributed by atoms with van der Waals surface area (Å²) in [6.07, 6.45) is -0.331. The first-order valence-corrected chi connectivity index (χ1v) is 8.07. The molecule has 1 N–H and O–H groups in total. The molecule has 0 aromatic carbocycles. The molecular formula is C16H23FN4O3. The molecule has 7 nitrogen and oxygen atoms in total. The van der Waals surface area contributed by atoms with E-state index in [4.69, 9.17) is 14.0 Å². The molecule has 0 unspecified atom stereocenters. The molecule has 0 amide bonds. The second-order valence-electron chi connectivity index (χ2n) is 6.37. The maximum absolute atomic E-state index is 13.9. The summed E-state index contributed by atoms with van der Waals surface area (Å²) in [5.41, 5.74) is 0. The average Bonchev–Trinajstić information content (AvgIpc) is 3.22. The van der Waals surface area contributed by atoms with E-state index in [0.717, 1.165) is 5.76 Å².